The Balaban J connectivity index is 2.24. The highest BCUT2D eigenvalue weighted by molar-refractivity contribution is 14.1. The minimum Gasteiger partial charge on any atom is -0.506 e. The van der Waals surface area contributed by atoms with Gasteiger partial charge in [0.1, 0.15) is 17.4 Å². The molecule has 0 saturated carbocycles. The average molecular weight is 622 g/mol. The van der Waals surface area contributed by atoms with Crippen molar-refractivity contribution in [1.82, 2.24) is 5.32 Å². The first-order valence-corrected chi connectivity index (χ1v) is 11.1. The standard InChI is InChI=1S/C21H24I2N2O4/c1-12-6-5-7-14(8-12)24-19(27)17(25-20(28)29-21(2,3)4)11-13-9-15(22)18(26)16(23)10-13/h5-10,17,26H,11H2,1-4H3,(H,24,27)(H,25,28). The van der Waals surface area contributed by atoms with E-state index in [2.05, 4.69) is 10.6 Å². The maximum absolute atomic E-state index is 12.9. The highest BCUT2D eigenvalue weighted by Crippen LogP contribution is 2.28. The van der Waals surface area contributed by atoms with Crippen LogP contribution in [0.4, 0.5) is 10.5 Å². The highest BCUT2D eigenvalue weighted by Gasteiger charge is 2.25. The van der Waals surface area contributed by atoms with Gasteiger partial charge in [-0.2, -0.15) is 0 Å². The number of hydrogen-bond donors (Lipinski definition) is 3. The number of amides is 2. The van der Waals surface area contributed by atoms with Crippen molar-refractivity contribution in [3.63, 3.8) is 0 Å². The number of benzene rings is 2. The van der Waals surface area contributed by atoms with Crippen LogP contribution in [-0.4, -0.2) is 28.7 Å². The molecule has 2 amide bonds. The van der Waals surface area contributed by atoms with Gasteiger partial charge in [-0.25, -0.2) is 4.79 Å². The fourth-order valence-corrected chi connectivity index (χ4v) is 4.48. The minimum atomic E-state index is -0.846. The second kappa shape index (κ2) is 9.96. The smallest absolute Gasteiger partial charge is 0.408 e. The van der Waals surface area contributed by atoms with Crippen molar-refractivity contribution in [1.29, 1.82) is 0 Å². The Hall–Kier alpha value is -1.56. The quantitative estimate of drug-likeness (QED) is 0.411. The molecule has 0 aromatic heterocycles. The fraction of sp³-hybridized carbons (Fsp3) is 0.333. The van der Waals surface area contributed by atoms with Crippen LogP contribution >= 0.6 is 45.2 Å². The largest absolute Gasteiger partial charge is 0.506 e. The Morgan fingerprint density at radius 2 is 1.76 bits per heavy atom. The Kier molecular flexibility index (Phi) is 8.15. The van der Waals surface area contributed by atoms with Gasteiger partial charge >= 0.3 is 6.09 Å². The molecule has 156 valence electrons. The molecule has 0 radical (unpaired) electrons. The Morgan fingerprint density at radius 1 is 1.14 bits per heavy atom. The zero-order valence-corrected chi connectivity index (χ0v) is 21.0. The molecule has 0 aliphatic rings. The summed E-state index contributed by atoms with van der Waals surface area (Å²) in [5, 5.41) is 15.5. The summed E-state index contributed by atoms with van der Waals surface area (Å²) in [5.74, 6) is -0.143. The van der Waals surface area contributed by atoms with Gasteiger partial charge in [0, 0.05) is 12.1 Å². The van der Waals surface area contributed by atoms with Crippen LogP contribution in [0.25, 0.3) is 0 Å². The first-order valence-electron chi connectivity index (χ1n) is 8.98. The third kappa shape index (κ3) is 7.65. The summed E-state index contributed by atoms with van der Waals surface area (Å²) in [7, 11) is 0. The Labute approximate surface area is 198 Å². The summed E-state index contributed by atoms with van der Waals surface area (Å²) in [5.41, 5.74) is 1.81. The van der Waals surface area contributed by atoms with Crippen molar-refractivity contribution in [2.75, 3.05) is 5.32 Å². The fourth-order valence-electron chi connectivity index (χ4n) is 2.58. The molecular formula is C21H24I2N2O4. The van der Waals surface area contributed by atoms with Crippen molar-refractivity contribution in [3.8, 4) is 5.75 Å². The van der Waals surface area contributed by atoms with Crippen molar-refractivity contribution in [2.24, 2.45) is 0 Å². The van der Waals surface area contributed by atoms with Gasteiger partial charge in [-0.3, -0.25) is 4.79 Å². The van der Waals surface area contributed by atoms with Crippen LogP contribution in [0.3, 0.4) is 0 Å². The summed E-state index contributed by atoms with van der Waals surface area (Å²) in [6.07, 6.45) is -0.409. The predicted molar refractivity (Wildman–Crippen MR) is 130 cm³/mol. The van der Waals surface area contributed by atoms with E-state index in [9.17, 15) is 14.7 Å². The number of aromatic hydroxyl groups is 1. The first-order chi connectivity index (χ1) is 13.4. The minimum absolute atomic E-state index is 0.204. The molecule has 0 heterocycles. The van der Waals surface area contributed by atoms with Crippen molar-refractivity contribution in [3.05, 3.63) is 54.7 Å². The van der Waals surface area contributed by atoms with Crippen molar-refractivity contribution >= 4 is 62.9 Å². The monoisotopic (exact) mass is 622 g/mol. The molecule has 0 aliphatic carbocycles. The third-order valence-electron chi connectivity index (χ3n) is 3.81. The molecule has 0 aliphatic heterocycles. The van der Waals surface area contributed by atoms with Crippen LogP contribution in [-0.2, 0) is 16.0 Å². The number of carbonyl (C=O) groups excluding carboxylic acids is 2. The van der Waals surface area contributed by atoms with Crippen LogP contribution in [0.1, 0.15) is 31.9 Å². The summed E-state index contributed by atoms with van der Waals surface area (Å²) >= 11 is 4.08. The van der Waals surface area contributed by atoms with E-state index in [4.69, 9.17) is 4.74 Å². The third-order valence-corrected chi connectivity index (χ3v) is 5.45. The van der Waals surface area contributed by atoms with E-state index in [0.717, 1.165) is 11.1 Å². The van der Waals surface area contributed by atoms with Gasteiger partial charge in [-0.15, -0.1) is 0 Å². The second-order valence-electron chi connectivity index (χ2n) is 7.67. The number of carbonyl (C=O) groups is 2. The van der Waals surface area contributed by atoms with E-state index in [-0.39, 0.29) is 18.1 Å². The number of phenols is 1. The van der Waals surface area contributed by atoms with Crippen molar-refractivity contribution in [2.45, 2.75) is 45.8 Å². The lowest BCUT2D eigenvalue weighted by atomic mass is 10.0. The molecule has 0 bridgehead atoms. The molecule has 2 aromatic carbocycles. The number of alkyl carbamates (subject to hydrolysis) is 1. The molecule has 1 unspecified atom stereocenters. The number of phenolic OH excluding ortho intramolecular Hbond substituents is 1. The zero-order chi connectivity index (χ0) is 21.8. The van der Waals surface area contributed by atoms with E-state index in [1.807, 2.05) is 70.3 Å². The lowest BCUT2D eigenvalue weighted by molar-refractivity contribution is -0.118. The molecule has 2 aromatic rings. The molecule has 8 heteroatoms. The maximum atomic E-state index is 12.9. The SMILES string of the molecule is Cc1cccc(NC(=O)C(Cc2cc(I)c(O)c(I)c2)NC(=O)OC(C)(C)C)c1. The summed E-state index contributed by atoms with van der Waals surface area (Å²) in [6, 6.07) is 10.2. The van der Waals surface area contributed by atoms with Crippen molar-refractivity contribution < 1.29 is 19.4 Å². The molecular weight excluding hydrogens is 598 g/mol. The van der Waals surface area contributed by atoms with Gasteiger partial charge in [-0.05, 0) is 108 Å². The molecule has 0 saturated heterocycles. The molecule has 0 spiro atoms. The van der Waals surface area contributed by atoms with Gasteiger partial charge in [-0.1, -0.05) is 12.1 Å². The molecule has 1 atom stereocenters. The van der Waals surface area contributed by atoms with Gasteiger partial charge < -0.3 is 20.5 Å². The number of hydrogen-bond acceptors (Lipinski definition) is 4. The van der Waals surface area contributed by atoms with Gasteiger partial charge in [0.2, 0.25) is 5.91 Å². The highest BCUT2D eigenvalue weighted by atomic mass is 127. The van der Waals surface area contributed by atoms with Crippen LogP contribution in [0.5, 0.6) is 5.75 Å². The van der Waals surface area contributed by atoms with E-state index < -0.39 is 17.7 Å². The number of nitrogens with one attached hydrogen (secondary N) is 2. The van der Waals surface area contributed by atoms with E-state index >= 15 is 0 Å². The lowest BCUT2D eigenvalue weighted by Crippen LogP contribution is -2.47. The molecule has 29 heavy (non-hydrogen) atoms. The number of rotatable bonds is 5. The first kappa shape index (κ1) is 23.7. The lowest BCUT2D eigenvalue weighted by Gasteiger charge is -2.23. The topological polar surface area (TPSA) is 87.7 Å². The maximum Gasteiger partial charge on any atom is 0.408 e. The van der Waals surface area contributed by atoms with E-state index in [1.165, 1.54) is 0 Å². The summed E-state index contributed by atoms with van der Waals surface area (Å²) in [4.78, 5) is 25.2. The number of halogens is 2. The molecule has 6 nitrogen and oxygen atoms in total. The number of ether oxygens (including phenoxy) is 1. The second-order valence-corrected chi connectivity index (χ2v) is 9.99. The Bertz CT molecular complexity index is 887. The molecule has 2 rings (SSSR count). The molecule has 0 fully saturated rings. The van der Waals surface area contributed by atoms with Crippen LogP contribution < -0.4 is 10.6 Å². The zero-order valence-electron chi connectivity index (χ0n) is 16.7. The van der Waals surface area contributed by atoms with Crippen LogP contribution in [0.2, 0.25) is 0 Å². The molecule has 3 N–H and O–H groups in total. The van der Waals surface area contributed by atoms with Gasteiger partial charge in [0.15, 0.2) is 0 Å². The van der Waals surface area contributed by atoms with Crippen LogP contribution in [0.15, 0.2) is 36.4 Å². The number of anilines is 1. The van der Waals surface area contributed by atoms with E-state index in [0.29, 0.717) is 12.8 Å². The number of aryl methyl sites for hydroxylation is 1. The normalized spacial score (nSPS) is 12.2. The summed E-state index contributed by atoms with van der Waals surface area (Å²) in [6.45, 7) is 7.23. The average Bonchev–Trinajstić information content (AvgIpc) is 2.57. The van der Waals surface area contributed by atoms with Gasteiger partial charge in [0.25, 0.3) is 0 Å². The van der Waals surface area contributed by atoms with Gasteiger partial charge in [0.05, 0.1) is 7.14 Å². The van der Waals surface area contributed by atoms with E-state index in [1.54, 1.807) is 39.0 Å². The summed E-state index contributed by atoms with van der Waals surface area (Å²) < 4.78 is 6.68. The van der Waals surface area contributed by atoms with Crippen LogP contribution in [0, 0.1) is 14.1 Å². The predicted octanol–water partition coefficient (Wildman–Crippen LogP) is 4.98. The Morgan fingerprint density at radius 3 is 2.31 bits per heavy atom.